The van der Waals surface area contributed by atoms with Crippen LogP contribution in [0.3, 0.4) is 0 Å². The van der Waals surface area contributed by atoms with Gasteiger partial charge in [0.25, 0.3) is 0 Å². The zero-order chi connectivity index (χ0) is 30.3. The molecule has 0 unspecified atom stereocenters. The Kier molecular flexibility index (Phi) is 10.1. The van der Waals surface area contributed by atoms with E-state index in [0.29, 0.717) is 11.5 Å². The Labute approximate surface area is 248 Å². The Morgan fingerprint density at radius 2 is 1.64 bits per heavy atom. The van der Waals surface area contributed by atoms with Gasteiger partial charge in [0.2, 0.25) is 28.6 Å². The van der Waals surface area contributed by atoms with Crippen molar-refractivity contribution in [2.75, 3.05) is 23.4 Å². The van der Waals surface area contributed by atoms with E-state index in [2.05, 4.69) is 5.32 Å². The average Bonchev–Trinajstić information content (AvgIpc) is 3.46. The van der Waals surface area contributed by atoms with Crippen LogP contribution in [-0.2, 0) is 32.6 Å². The van der Waals surface area contributed by atoms with Crippen LogP contribution in [0.1, 0.15) is 43.9 Å². The monoisotopic (exact) mass is 593 g/mol. The van der Waals surface area contributed by atoms with Gasteiger partial charge >= 0.3 is 0 Å². The van der Waals surface area contributed by atoms with E-state index in [1.807, 2.05) is 75.4 Å². The molecule has 0 saturated carbocycles. The van der Waals surface area contributed by atoms with Gasteiger partial charge in [0, 0.05) is 25.1 Å². The molecule has 42 heavy (non-hydrogen) atoms. The van der Waals surface area contributed by atoms with E-state index in [-0.39, 0.29) is 43.1 Å². The van der Waals surface area contributed by atoms with Crippen molar-refractivity contribution in [1.29, 1.82) is 0 Å². The molecule has 0 radical (unpaired) electrons. The number of sulfonamides is 1. The fraction of sp³-hybridized carbons (Fsp3) is 0.375. The summed E-state index contributed by atoms with van der Waals surface area (Å²) < 4.78 is 38.6. The van der Waals surface area contributed by atoms with E-state index in [9.17, 15) is 18.0 Å². The molecule has 3 aromatic rings. The maximum absolute atomic E-state index is 14.3. The number of rotatable bonds is 13. The first kappa shape index (κ1) is 30.9. The summed E-state index contributed by atoms with van der Waals surface area (Å²) in [4.78, 5) is 29.6. The number of anilines is 1. The van der Waals surface area contributed by atoms with Gasteiger partial charge in [-0.25, -0.2) is 8.42 Å². The number of nitrogens with one attached hydrogen (secondary N) is 1. The highest BCUT2D eigenvalue weighted by Crippen LogP contribution is 2.36. The van der Waals surface area contributed by atoms with Crippen LogP contribution in [-0.4, -0.2) is 56.3 Å². The molecule has 0 aromatic heterocycles. The van der Waals surface area contributed by atoms with Gasteiger partial charge < -0.3 is 19.7 Å². The molecule has 0 saturated heterocycles. The summed E-state index contributed by atoms with van der Waals surface area (Å²) in [6.45, 7) is 7.07. The van der Waals surface area contributed by atoms with E-state index in [0.717, 1.165) is 27.4 Å². The van der Waals surface area contributed by atoms with Crippen molar-refractivity contribution < 1.29 is 27.5 Å². The SMILES string of the molecule is CC[C@@H](C)NC(=O)[C@H](Cc1ccccc1)N(Cc1cccc(C)c1)C(=O)CN(c1ccc2c(c1)OCO2)S(=O)(=O)CC. The van der Waals surface area contributed by atoms with Crippen molar-refractivity contribution in [1.82, 2.24) is 10.2 Å². The maximum atomic E-state index is 14.3. The molecule has 0 spiro atoms. The van der Waals surface area contributed by atoms with Crippen LogP contribution < -0.4 is 19.1 Å². The number of fused-ring (bicyclic) bond motifs is 1. The van der Waals surface area contributed by atoms with Crippen LogP contribution in [0.5, 0.6) is 11.5 Å². The highest BCUT2D eigenvalue weighted by Gasteiger charge is 2.34. The lowest BCUT2D eigenvalue weighted by molar-refractivity contribution is -0.140. The van der Waals surface area contributed by atoms with Crippen LogP contribution in [0.2, 0.25) is 0 Å². The Balaban J connectivity index is 1.75. The third-order valence-electron chi connectivity index (χ3n) is 7.33. The van der Waals surface area contributed by atoms with E-state index in [1.165, 1.54) is 11.8 Å². The Morgan fingerprint density at radius 1 is 0.929 bits per heavy atom. The number of aryl methyl sites for hydroxylation is 1. The first-order chi connectivity index (χ1) is 20.1. The number of hydrogen-bond acceptors (Lipinski definition) is 6. The quantitative estimate of drug-likeness (QED) is 0.314. The van der Waals surface area contributed by atoms with Crippen LogP contribution in [0.25, 0.3) is 0 Å². The van der Waals surface area contributed by atoms with Gasteiger partial charge in [-0.05, 0) is 50.5 Å². The number of ether oxygens (including phenoxy) is 2. The van der Waals surface area contributed by atoms with Gasteiger partial charge in [-0.3, -0.25) is 13.9 Å². The van der Waals surface area contributed by atoms with Crippen molar-refractivity contribution in [2.24, 2.45) is 0 Å². The molecule has 0 fully saturated rings. The molecular weight excluding hydrogens is 554 g/mol. The van der Waals surface area contributed by atoms with Crippen LogP contribution in [0.15, 0.2) is 72.8 Å². The first-order valence-electron chi connectivity index (χ1n) is 14.2. The van der Waals surface area contributed by atoms with E-state index < -0.39 is 28.5 Å². The summed E-state index contributed by atoms with van der Waals surface area (Å²) in [5.41, 5.74) is 3.02. The summed E-state index contributed by atoms with van der Waals surface area (Å²) >= 11 is 0. The van der Waals surface area contributed by atoms with E-state index >= 15 is 0 Å². The molecule has 1 aliphatic rings. The molecule has 4 rings (SSSR count). The van der Waals surface area contributed by atoms with Gasteiger partial charge in [-0.15, -0.1) is 0 Å². The molecule has 0 aliphatic carbocycles. The van der Waals surface area contributed by atoms with Gasteiger partial charge in [0.15, 0.2) is 11.5 Å². The fourth-order valence-corrected chi connectivity index (χ4v) is 5.82. The first-order valence-corrected chi connectivity index (χ1v) is 15.8. The molecule has 10 heteroatoms. The Morgan fingerprint density at radius 3 is 2.33 bits per heavy atom. The smallest absolute Gasteiger partial charge is 0.244 e. The lowest BCUT2D eigenvalue weighted by Gasteiger charge is -2.34. The number of nitrogens with zero attached hydrogens (tertiary/aromatic N) is 2. The van der Waals surface area contributed by atoms with Crippen molar-refractivity contribution in [3.63, 3.8) is 0 Å². The number of amides is 2. The minimum atomic E-state index is -3.88. The average molecular weight is 594 g/mol. The maximum Gasteiger partial charge on any atom is 0.244 e. The molecule has 1 N–H and O–H groups in total. The number of carbonyl (C=O) groups is 2. The largest absolute Gasteiger partial charge is 0.454 e. The zero-order valence-electron chi connectivity index (χ0n) is 24.6. The summed E-state index contributed by atoms with van der Waals surface area (Å²) in [5, 5.41) is 3.04. The van der Waals surface area contributed by atoms with Crippen molar-refractivity contribution >= 4 is 27.5 Å². The van der Waals surface area contributed by atoms with Crippen LogP contribution in [0.4, 0.5) is 5.69 Å². The molecule has 9 nitrogen and oxygen atoms in total. The topological polar surface area (TPSA) is 105 Å². The number of benzene rings is 3. The van der Waals surface area contributed by atoms with Gasteiger partial charge in [0.05, 0.1) is 11.4 Å². The van der Waals surface area contributed by atoms with Gasteiger partial charge in [-0.1, -0.05) is 67.1 Å². The molecule has 3 aromatic carbocycles. The second-order valence-electron chi connectivity index (χ2n) is 10.5. The predicted octanol–water partition coefficient (Wildman–Crippen LogP) is 4.43. The predicted molar refractivity (Wildman–Crippen MR) is 163 cm³/mol. The molecule has 0 bridgehead atoms. The van der Waals surface area contributed by atoms with Crippen LogP contribution in [0, 0.1) is 6.92 Å². The normalized spacial score (nSPS) is 13.7. The third-order valence-corrected chi connectivity index (χ3v) is 9.07. The molecule has 2 amide bonds. The summed E-state index contributed by atoms with van der Waals surface area (Å²) in [5.74, 6) is -0.0878. The van der Waals surface area contributed by atoms with Crippen molar-refractivity contribution in [3.8, 4) is 11.5 Å². The lowest BCUT2D eigenvalue weighted by Crippen LogP contribution is -2.54. The zero-order valence-corrected chi connectivity index (χ0v) is 25.4. The Bertz CT molecular complexity index is 1500. The van der Waals surface area contributed by atoms with E-state index in [4.69, 9.17) is 9.47 Å². The number of hydrogen-bond donors (Lipinski definition) is 1. The highest BCUT2D eigenvalue weighted by atomic mass is 32.2. The Hall–Kier alpha value is -4.05. The van der Waals surface area contributed by atoms with Gasteiger partial charge in [0.1, 0.15) is 12.6 Å². The third kappa shape index (κ3) is 7.61. The standard InChI is InChI=1S/C32H39N3O6S/c1-5-24(4)33-32(37)28(18-25-12-8-7-9-13-25)34(20-26-14-10-11-23(3)17-26)31(36)21-35(42(38,39)6-2)27-15-16-29-30(19-27)41-22-40-29/h7-17,19,24,28H,5-6,18,20-22H2,1-4H3,(H,33,37)/t24-,28+/m1/s1. The van der Waals surface area contributed by atoms with Crippen LogP contribution >= 0.6 is 0 Å². The summed E-state index contributed by atoms with van der Waals surface area (Å²) in [6.07, 6.45) is 0.994. The van der Waals surface area contributed by atoms with E-state index in [1.54, 1.807) is 18.2 Å². The molecular formula is C32H39N3O6S. The number of carbonyl (C=O) groups excluding carboxylic acids is 2. The lowest BCUT2D eigenvalue weighted by atomic mass is 10.0. The second-order valence-corrected chi connectivity index (χ2v) is 12.7. The minimum absolute atomic E-state index is 0.0367. The molecule has 224 valence electrons. The highest BCUT2D eigenvalue weighted by molar-refractivity contribution is 7.92. The second kappa shape index (κ2) is 13.7. The summed E-state index contributed by atoms with van der Waals surface area (Å²) in [6, 6.07) is 21.0. The van der Waals surface area contributed by atoms with Crippen molar-refractivity contribution in [2.45, 2.75) is 59.2 Å². The van der Waals surface area contributed by atoms with Crippen molar-refractivity contribution in [3.05, 3.63) is 89.5 Å². The minimum Gasteiger partial charge on any atom is -0.454 e. The molecule has 1 heterocycles. The molecule has 2 atom stereocenters. The van der Waals surface area contributed by atoms with Gasteiger partial charge in [-0.2, -0.15) is 0 Å². The molecule has 1 aliphatic heterocycles. The summed E-state index contributed by atoms with van der Waals surface area (Å²) in [7, 11) is -3.88. The fourth-order valence-electron chi connectivity index (χ4n) is 4.76.